The summed E-state index contributed by atoms with van der Waals surface area (Å²) in [5.41, 5.74) is 3.99. The van der Waals surface area contributed by atoms with Crippen LogP contribution in [-0.4, -0.2) is 17.3 Å². The van der Waals surface area contributed by atoms with Crippen molar-refractivity contribution in [3.05, 3.63) is 34.9 Å². The van der Waals surface area contributed by atoms with Crippen molar-refractivity contribution in [2.24, 2.45) is 0 Å². The van der Waals surface area contributed by atoms with Crippen LogP contribution >= 0.6 is 0 Å². The van der Waals surface area contributed by atoms with Crippen molar-refractivity contribution in [1.29, 1.82) is 0 Å². The molecule has 0 aliphatic heterocycles. The monoisotopic (exact) mass is 247 g/mol. The smallest absolute Gasteiger partial charge is 0.0693 e. The molecule has 0 aromatic heterocycles. The van der Waals surface area contributed by atoms with Crippen molar-refractivity contribution >= 4 is 0 Å². The van der Waals surface area contributed by atoms with Gasteiger partial charge in [-0.05, 0) is 37.8 Å². The summed E-state index contributed by atoms with van der Waals surface area (Å²) in [6.45, 7) is 5.15. The molecule has 1 aromatic carbocycles. The second-order valence-corrected chi connectivity index (χ2v) is 5.62. The number of nitrogens with one attached hydrogen (secondary N) is 1. The van der Waals surface area contributed by atoms with Crippen LogP contribution in [0.25, 0.3) is 0 Å². The van der Waals surface area contributed by atoms with Crippen molar-refractivity contribution in [3.8, 4) is 0 Å². The Hall–Kier alpha value is -0.860. The average Bonchev–Trinajstić information content (AvgIpc) is 2.55. The molecule has 0 heterocycles. The van der Waals surface area contributed by atoms with Crippen LogP contribution in [-0.2, 0) is 6.54 Å². The summed E-state index contributed by atoms with van der Waals surface area (Å²) in [7, 11) is 0. The maximum Gasteiger partial charge on any atom is 0.0693 e. The largest absolute Gasteiger partial charge is 0.392 e. The van der Waals surface area contributed by atoms with Gasteiger partial charge in [-0.15, -0.1) is 0 Å². The van der Waals surface area contributed by atoms with Gasteiger partial charge in [0.1, 0.15) is 0 Å². The number of benzene rings is 1. The molecule has 100 valence electrons. The van der Waals surface area contributed by atoms with Crippen molar-refractivity contribution in [1.82, 2.24) is 5.32 Å². The Morgan fingerprint density at radius 1 is 1.17 bits per heavy atom. The molecule has 1 aliphatic rings. The fourth-order valence-corrected chi connectivity index (χ4v) is 2.76. The minimum Gasteiger partial charge on any atom is -0.392 e. The summed E-state index contributed by atoms with van der Waals surface area (Å²) in [5, 5.41) is 13.6. The number of rotatable bonds is 3. The Balaban J connectivity index is 1.95. The first-order valence-corrected chi connectivity index (χ1v) is 7.14. The van der Waals surface area contributed by atoms with Crippen molar-refractivity contribution in [2.75, 3.05) is 0 Å². The normalized spacial score (nSPS) is 24.8. The molecule has 2 heteroatoms. The van der Waals surface area contributed by atoms with Gasteiger partial charge in [0.2, 0.25) is 0 Å². The number of aliphatic hydroxyl groups excluding tert-OH is 1. The van der Waals surface area contributed by atoms with Gasteiger partial charge < -0.3 is 10.4 Å². The molecule has 2 nitrogen and oxygen atoms in total. The maximum atomic E-state index is 10.1. The van der Waals surface area contributed by atoms with Gasteiger partial charge >= 0.3 is 0 Å². The molecule has 1 aliphatic carbocycles. The zero-order valence-corrected chi connectivity index (χ0v) is 11.6. The highest BCUT2D eigenvalue weighted by atomic mass is 16.3. The lowest BCUT2D eigenvalue weighted by atomic mass is 10.0. The highest BCUT2D eigenvalue weighted by Gasteiger charge is 2.20. The SMILES string of the molecule is Cc1ccc(C)c(CNC2CCCCCC2O)c1. The molecule has 2 atom stereocenters. The Morgan fingerprint density at radius 3 is 2.78 bits per heavy atom. The molecule has 0 saturated heterocycles. The number of hydrogen-bond donors (Lipinski definition) is 2. The van der Waals surface area contributed by atoms with Crippen LogP contribution in [0.1, 0.15) is 48.8 Å². The summed E-state index contributed by atoms with van der Waals surface area (Å²) < 4.78 is 0. The summed E-state index contributed by atoms with van der Waals surface area (Å²) in [6.07, 6.45) is 5.55. The fourth-order valence-electron chi connectivity index (χ4n) is 2.76. The van der Waals surface area contributed by atoms with Crippen LogP contribution in [0.3, 0.4) is 0 Å². The van der Waals surface area contributed by atoms with Crippen LogP contribution in [0.4, 0.5) is 0 Å². The Bertz CT molecular complexity index is 389. The molecule has 18 heavy (non-hydrogen) atoms. The molecule has 1 saturated carbocycles. The zero-order chi connectivity index (χ0) is 13.0. The molecule has 2 unspecified atom stereocenters. The van der Waals surface area contributed by atoms with Gasteiger partial charge in [0.05, 0.1) is 6.10 Å². The van der Waals surface area contributed by atoms with Crippen molar-refractivity contribution in [2.45, 2.75) is 64.6 Å². The summed E-state index contributed by atoms with van der Waals surface area (Å²) >= 11 is 0. The molecular weight excluding hydrogens is 222 g/mol. The first kappa shape index (κ1) is 13.6. The van der Waals surface area contributed by atoms with E-state index in [-0.39, 0.29) is 12.1 Å². The number of hydrogen-bond acceptors (Lipinski definition) is 2. The quantitative estimate of drug-likeness (QED) is 0.805. The fraction of sp³-hybridized carbons (Fsp3) is 0.625. The van der Waals surface area contributed by atoms with Crippen LogP contribution in [0.15, 0.2) is 18.2 Å². The molecule has 0 spiro atoms. The minimum atomic E-state index is -0.169. The lowest BCUT2D eigenvalue weighted by molar-refractivity contribution is 0.119. The molecule has 0 amide bonds. The number of aryl methyl sites for hydroxylation is 2. The average molecular weight is 247 g/mol. The molecule has 2 rings (SSSR count). The van der Waals surface area contributed by atoms with Gasteiger partial charge in [-0.25, -0.2) is 0 Å². The van der Waals surface area contributed by atoms with Gasteiger partial charge in [-0.2, -0.15) is 0 Å². The standard InChI is InChI=1S/C16H25NO/c1-12-8-9-13(2)14(10-12)11-17-15-6-4-3-5-7-16(15)18/h8-10,15-18H,3-7,11H2,1-2H3. The van der Waals surface area contributed by atoms with Crippen molar-refractivity contribution < 1.29 is 5.11 Å². The predicted molar refractivity (Wildman–Crippen MR) is 75.6 cm³/mol. The third-order valence-corrected chi connectivity index (χ3v) is 4.04. The van der Waals surface area contributed by atoms with E-state index in [4.69, 9.17) is 0 Å². The summed E-state index contributed by atoms with van der Waals surface area (Å²) in [6, 6.07) is 6.84. The highest BCUT2D eigenvalue weighted by molar-refractivity contribution is 5.30. The van der Waals surface area contributed by atoms with E-state index in [9.17, 15) is 5.11 Å². The van der Waals surface area contributed by atoms with Crippen LogP contribution in [0.2, 0.25) is 0 Å². The van der Waals surface area contributed by atoms with E-state index in [0.29, 0.717) is 0 Å². The second kappa shape index (κ2) is 6.35. The predicted octanol–water partition coefficient (Wildman–Crippen LogP) is 3.09. The summed E-state index contributed by atoms with van der Waals surface area (Å²) in [5.74, 6) is 0. The first-order chi connectivity index (χ1) is 8.66. The minimum absolute atomic E-state index is 0.169. The topological polar surface area (TPSA) is 32.3 Å². The van der Waals surface area contributed by atoms with Gasteiger partial charge in [0.15, 0.2) is 0 Å². The van der Waals surface area contributed by atoms with Crippen LogP contribution in [0, 0.1) is 13.8 Å². The highest BCUT2D eigenvalue weighted by Crippen LogP contribution is 2.19. The lowest BCUT2D eigenvalue weighted by Crippen LogP contribution is -2.38. The Kier molecular flexibility index (Phi) is 4.79. The van der Waals surface area contributed by atoms with E-state index < -0.39 is 0 Å². The lowest BCUT2D eigenvalue weighted by Gasteiger charge is -2.22. The Labute approximate surface area is 110 Å². The van der Waals surface area contributed by atoms with Crippen LogP contribution < -0.4 is 5.32 Å². The van der Waals surface area contributed by atoms with E-state index in [2.05, 4.69) is 37.4 Å². The van der Waals surface area contributed by atoms with Gasteiger partial charge in [0, 0.05) is 12.6 Å². The second-order valence-electron chi connectivity index (χ2n) is 5.62. The van der Waals surface area contributed by atoms with E-state index >= 15 is 0 Å². The van der Waals surface area contributed by atoms with E-state index in [1.54, 1.807) is 0 Å². The first-order valence-electron chi connectivity index (χ1n) is 7.14. The molecule has 1 aromatic rings. The van der Waals surface area contributed by atoms with Gasteiger partial charge in [-0.1, -0.05) is 43.0 Å². The van der Waals surface area contributed by atoms with Gasteiger partial charge in [0.25, 0.3) is 0 Å². The molecule has 2 N–H and O–H groups in total. The van der Waals surface area contributed by atoms with E-state index in [1.807, 2.05) is 0 Å². The third-order valence-electron chi connectivity index (χ3n) is 4.04. The zero-order valence-electron chi connectivity index (χ0n) is 11.6. The molecular formula is C16H25NO. The van der Waals surface area contributed by atoms with E-state index in [1.165, 1.54) is 36.0 Å². The van der Waals surface area contributed by atoms with Gasteiger partial charge in [-0.3, -0.25) is 0 Å². The molecule has 0 radical (unpaired) electrons. The third kappa shape index (κ3) is 3.56. The maximum absolute atomic E-state index is 10.1. The van der Waals surface area contributed by atoms with Crippen molar-refractivity contribution in [3.63, 3.8) is 0 Å². The molecule has 1 fully saturated rings. The number of aliphatic hydroxyl groups is 1. The van der Waals surface area contributed by atoms with Crippen LogP contribution in [0.5, 0.6) is 0 Å². The summed E-state index contributed by atoms with van der Waals surface area (Å²) in [4.78, 5) is 0. The Morgan fingerprint density at radius 2 is 1.94 bits per heavy atom. The van der Waals surface area contributed by atoms with E-state index in [0.717, 1.165) is 19.4 Å². The molecule has 0 bridgehead atoms.